The molecule has 0 aliphatic carbocycles. The van der Waals surface area contributed by atoms with Crippen molar-refractivity contribution in [3.05, 3.63) is 11.1 Å². The summed E-state index contributed by atoms with van der Waals surface area (Å²) >= 11 is 0.151. The normalized spacial score (nSPS) is 19.8. The van der Waals surface area contributed by atoms with Crippen LogP contribution in [0, 0.1) is 0 Å². The molecule has 3 heteroatoms. The van der Waals surface area contributed by atoms with Gasteiger partial charge in [-0.05, 0) is 15.9 Å². The molecule has 0 aromatic heterocycles. The summed E-state index contributed by atoms with van der Waals surface area (Å²) in [6, 6.07) is 0. The Kier molecular flexibility index (Phi) is 1.64. The van der Waals surface area contributed by atoms with Crippen molar-refractivity contribution in [3.8, 4) is 0 Å². The van der Waals surface area contributed by atoms with Crippen LogP contribution < -0.4 is 0 Å². The molecule has 0 radical (unpaired) electrons. The van der Waals surface area contributed by atoms with Gasteiger partial charge in [-0.3, -0.25) is 0 Å². The average molecular weight is 213 g/mol. The fourth-order valence-electron chi connectivity index (χ4n) is 0.183. The van der Waals surface area contributed by atoms with E-state index in [4.69, 9.17) is 0 Å². The maximum absolute atomic E-state index is 4.08. The van der Waals surface area contributed by atoms with Gasteiger partial charge in [0.2, 0.25) is 0 Å². The molecule has 0 fully saturated rings. The molecule has 0 saturated heterocycles. The van der Waals surface area contributed by atoms with Gasteiger partial charge in [-0.1, -0.05) is 0 Å². The van der Waals surface area contributed by atoms with E-state index in [0.717, 1.165) is 0 Å². The molecule has 0 atom stereocenters. The van der Waals surface area contributed by atoms with Gasteiger partial charge in [-0.25, -0.2) is 3.15 Å². The molecule has 1 aliphatic heterocycles. The molecule has 1 rings (SSSR count). The SMILES string of the molecule is CC1=CN=IS1. The summed E-state index contributed by atoms with van der Waals surface area (Å²) in [7, 11) is 1.90. The van der Waals surface area contributed by atoms with Gasteiger partial charge >= 0.3 is 0 Å². The predicted molar refractivity (Wildman–Crippen MR) is 37.8 cm³/mol. The Morgan fingerprint density at radius 3 is 3.00 bits per heavy atom. The van der Waals surface area contributed by atoms with Crippen molar-refractivity contribution < 1.29 is 0 Å². The number of nitrogens with zero attached hydrogens (tertiary/aromatic N) is 1. The lowest BCUT2D eigenvalue weighted by Gasteiger charge is -1.74. The third-order valence-electron chi connectivity index (χ3n) is 0.427. The van der Waals surface area contributed by atoms with Crippen LogP contribution in [0.1, 0.15) is 6.92 Å². The second-order valence-corrected chi connectivity index (χ2v) is 4.98. The number of halogens is 1. The molecule has 6 heavy (non-hydrogen) atoms. The first kappa shape index (κ1) is 4.77. The van der Waals surface area contributed by atoms with Gasteiger partial charge in [-0.15, -0.1) is 0 Å². The van der Waals surface area contributed by atoms with E-state index in [1.165, 1.54) is 4.91 Å². The molecule has 0 N–H and O–H groups in total. The van der Waals surface area contributed by atoms with Crippen LogP contribution in [0.25, 0.3) is 0 Å². The maximum atomic E-state index is 4.08. The minimum absolute atomic E-state index is 0.151. The van der Waals surface area contributed by atoms with Crippen LogP contribution in [0.15, 0.2) is 14.3 Å². The lowest BCUT2D eigenvalue weighted by Crippen LogP contribution is -1.46. The third-order valence-corrected chi connectivity index (χ3v) is 4.56. The summed E-state index contributed by atoms with van der Waals surface area (Å²) in [4.78, 5) is 1.38. The highest BCUT2D eigenvalue weighted by Gasteiger charge is 1.89. The van der Waals surface area contributed by atoms with E-state index in [1.54, 1.807) is 0 Å². The van der Waals surface area contributed by atoms with Gasteiger partial charge in [0.15, 0.2) is 0 Å². The van der Waals surface area contributed by atoms with E-state index in [1.807, 2.05) is 15.1 Å². The molecular weight excluding hydrogens is 209 g/mol. The van der Waals surface area contributed by atoms with E-state index < -0.39 is 0 Å². The first-order valence-corrected chi connectivity index (χ1v) is 5.90. The van der Waals surface area contributed by atoms with Crippen molar-refractivity contribution in [2.45, 2.75) is 6.92 Å². The molecule has 1 heterocycles. The van der Waals surface area contributed by atoms with Crippen LogP contribution in [0.2, 0.25) is 0 Å². The average Bonchev–Trinajstić information content (AvgIpc) is 1.86. The number of hydrogen-bond acceptors (Lipinski definition) is 2. The zero-order valence-corrected chi connectivity index (χ0v) is 6.28. The molecule has 1 nitrogen and oxygen atoms in total. The molecule has 0 aromatic carbocycles. The van der Waals surface area contributed by atoms with Crippen LogP contribution in [-0.2, 0) is 0 Å². The van der Waals surface area contributed by atoms with Gasteiger partial charge in [0.25, 0.3) is 0 Å². The Labute approximate surface area is 49.8 Å². The number of allylic oxidation sites excluding steroid dienone is 1. The topological polar surface area (TPSA) is 12.4 Å². The standard InChI is InChI=1S/C3H4INS/c1-3-2-5-4-6-3/h2H,1H3. The molecule has 0 saturated carbocycles. The van der Waals surface area contributed by atoms with Crippen molar-refractivity contribution in [2.75, 3.05) is 0 Å². The summed E-state index contributed by atoms with van der Waals surface area (Å²) in [5, 5.41) is 0. The fraction of sp³-hybridized carbons (Fsp3) is 0.333. The Hall–Kier alpha value is 0.620. The highest BCUT2D eigenvalue weighted by atomic mass is 127. The molecule has 0 amide bonds. The second kappa shape index (κ2) is 2.07. The summed E-state index contributed by atoms with van der Waals surface area (Å²) in [6.45, 7) is 2.10. The Balaban J connectivity index is 2.61. The highest BCUT2D eigenvalue weighted by molar-refractivity contribution is 14.2. The summed E-state index contributed by atoms with van der Waals surface area (Å²) in [5.41, 5.74) is 0. The zero-order valence-electron chi connectivity index (χ0n) is 3.31. The summed E-state index contributed by atoms with van der Waals surface area (Å²) < 4.78 is 4.08. The van der Waals surface area contributed by atoms with Crippen LogP contribution in [0.5, 0.6) is 0 Å². The smallest absolute Gasteiger partial charge is 0.0704 e. The largest absolute Gasteiger partial charge is 0.222 e. The van der Waals surface area contributed by atoms with Gasteiger partial charge in [-0.2, -0.15) is 0 Å². The van der Waals surface area contributed by atoms with Crippen LogP contribution in [0.4, 0.5) is 0 Å². The summed E-state index contributed by atoms with van der Waals surface area (Å²) in [5.74, 6) is 0. The number of hydrogen-bond donors (Lipinski definition) is 0. The first-order valence-electron chi connectivity index (χ1n) is 1.57. The van der Waals surface area contributed by atoms with Crippen molar-refractivity contribution in [1.29, 1.82) is 0 Å². The summed E-state index contributed by atoms with van der Waals surface area (Å²) in [6.07, 6.45) is 1.96. The molecule has 0 bridgehead atoms. The van der Waals surface area contributed by atoms with Gasteiger partial charge in [0.1, 0.15) is 0 Å². The Morgan fingerprint density at radius 1 is 2.00 bits per heavy atom. The quantitative estimate of drug-likeness (QED) is 0.563. The third kappa shape index (κ3) is 1.04. The number of rotatable bonds is 0. The predicted octanol–water partition coefficient (Wildman–Crippen LogP) is 2.66. The van der Waals surface area contributed by atoms with Crippen LogP contribution in [-0.4, -0.2) is 0 Å². The molecular formula is C3H4INS. The van der Waals surface area contributed by atoms with Crippen molar-refractivity contribution in [1.82, 2.24) is 0 Å². The van der Waals surface area contributed by atoms with Crippen molar-refractivity contribution >= 4 is 28.6 Å². The van der Waals surface area contributed by atoms with E-state index in [-0.39, 0.29) is 19.6 Å². The van der Waals surface area contributed by atoms with E-state index in [2.05, 4.69) is 10.1 Å². The molecule has 0 spiro atoms. The van der Waals surface area contributed by atoms with E-state index >= 15 is 0 Å². The Morgan fingerprint density at radius 2 is 2.83 bits per heavy atom. The van der Waals surface area contributed by atoms with Gasteiger partial charge in [0.05, 0.1) is 19.6 Å². The van der Waals surface area contributed by atoms with Crippen molar-refractivity contribution in [3.63, 3.8) is 0 Å². The van der Waals surface area contributed by atoms with Crippen LogP contribution in [0.3, 0.4) is 0 Å². The van der Waals surface area contributed by atoms with Crippen molar-refractivity contribution in [2.24, 2.45) is 3.15 Å². The minimum atomic E-state index is 0.151. The minimum Gasteiger partial charge on any atom is -0.222 e. The van der Waals surface area contributed by atoms with Gasteiger partial charge < -0.3 is 0 Å². The molecule has 34 valence electrons. The monoisotopic (exact) mass is 213 g/mol. The van der Waals surface area contributed by atoms with Gasteiger partial charge in [0, 0.05) is 11.1 Å². The van der Waals surface area contributed by atoms with E-state index in [9.17, 15) is 0 Å². The first-order chi connectivity index (χ1) is 2.89. The lowest BCUT2D eigenvalue weighted by molar-refractivity contribution is 1.58. The van der Waals surface area contributed by atoms with Crippen LogP contribution >= 0.6 is 28.6 Å². The second-order valence-electron chi connectivity index (χ2n) is 0.983. The zero-order chi connectivity index (χ0) is 4.41. The molecule has 1 aliphatic rings. The molecule has 0 aromatic rings. The molecule has 0 unspecified atom stereocenters. The fourth-order valence-corrected chi connectivity index (χ4v) is 3.03. The maximum Gasteiger partial charge on any atom is 0.0704 e. The Bertz CT molecular complexity index is 107. The lowest BCUT2D eigenvalue weighted by atomic mass is 10.7. The highest BCUT2D eigenvalue weighted by Crippen LogP contribution is 2.36. The van der Waals surface area contributed by atoms with E-state index in [0.29, 0.717) is 0 Å².